The summed E-state index contributed by atoms with van der Waals surface area (Å²) in [6, 6.07) is 6.62. The highest BCUT2D eigenvalue weighted by molar-refractivity contribution is 5.77. The molecular weight excluding hydrogens is 236 g/mol. The number of nitrogen functional groups attached to an aromatic ring is 1. The highest BCUT2D eigenvalue weighted by Gasteiger charge is 2.12. The first-order chi connectivity index (χ1) is 8.49. The van der Waals surface area contributed by atoms with E-state index in [1.165, 1.54) is 0 Å². The molecule has 1 unspecified atom stereocenters. The predicted molar refractivity (Wildman–Crippen MR) is 65.7 cm³/mol. The van der Waals surface area contributed by atoms with Gasteiger partial charge in [-0.1, -0.05) is 6.92 Å². The number of nitrogens with two attached hydrogens (primary N) is 2. The summed E-state index contributed by atoms with van der Waals surface area (Å²) in [5.74, 6) is -1.06. The van der Waals surface area contributed by atoms with Gasteiger partial charge in [0.2, 0.25) is 5.91 Å². The van der Waals surface area contributed by atoms with Gasteiger partial charge in [0.25, 0.3) is 0 Å². The molecule has 0 bridgehead atoms. The second kappa shape index (κ2) is 6.48. The zero-order chi connectivity index (χ0) is 13.5. The zero-order valence-electron chi connectivity index (χ0n) is 10.1. The number of primary amides is 1. The lowest BCUT2D eigenvalue weighted by atomic mass is 10.2. The molecule has 1 aromatic rings. The first-order valence-electron chi connectivity index (χ1n) is 5.42. The maximum absolute atomic E-state index is 11.3. The molecule has 1 aromatic carbocycles. The molecule has 98 valence electrons. The molecule has 0 aliphatic rings. The van der Waals surface area contributed by atoms with Crippen molar-refractivity contribution in [2.45, 2.75) is 6.92 Å². The molecule has 0 heterocycles. The van der Waals surface area contributed by atoms with Crippen LogP contribution >= 0.6 is 0 Å². The number of ether oxygens (including phenoxy) is 2. The van der Waals surface area contributed by atoms with Gasteiger partial charge < -0.3 is 20.9 Å². The number of hydrogen-bond acceptors (Lipinski definition) is 5. The molecule has 6 heteroatoms. The fourth-order valence-electron chi connectivity index (χ4n) is 1.05. The topological polar surface area (TPSA) is 105 Å². The highest BCUT2D eigenvalue weighted by Crippen LogP contribution is 2.12. The second-order valence-corrected chi connectivity index (χ2v) is 3.84. The quantitative estimate of drug-likeness (QED) is 0.560. The van der Waals surface area contributed by atoms with Gasteiger partial charge in [-0.25, -0.2) is 4.79 Å². The summed E-state index contributed by atoms with van der Waals surface area (Å²) in [5.41, 5.74) is 11.1. The van der Waals surface area contributed by atoms with Crippen molar-refractivity contribution >= 4 is 17.6 Å². The van der Waals surface area contributed by atoms with Crippen LogP contribution in [-0.4, -0.2) is 25.1 Å². The van der Waals surface area contributed by atoms with E-state index in [-0.39, 0.29) is 13.2 Å². The van der Waals surface area contributed by atoms with Crippen LogP contribution in [0, 0.1) is 5.92 Å². The first-order valence-corrected chi connectivity index (χ1v) is 5.42. The van der Waals surface area contributed by atoms with Gasteiger partial charge in [-0.15, -0.1) is 0 Å². The lowest BCUT2D eigenvalue weighted by Gasteiger charge is -2.09. The van der Waals surface area contributed by atoms with Gasteiger partial charge in [-0.2, -0.15) is 0 Å². The smallest absolute Gasteiger partial charge is 0.344 e. The van der Waals surface area contributed by atoms with E-state index in [4.69, 9.17) is 20.9 Å². The minimum Gasteiger partial charge on any atom is -0.482 e. The number of carbonyl (C=O) groups excluding carboxylic acids is 2. The van der Waals surface area contributed by atoms with E-state index in [9.17, 15) is 9.59 Å². The maximum atomic E-state index is 11.3. The predicted octanol–water partition coefficient (Wildman–Crippen LogP) is 0.312. The first kappa shape index (κ1) is 13.8. The SMILES string of the molecule is CC(COC(=O)COc1ccc(N)cc1)C(N)=O. The van der Waals surface area contributed by atoms with Crippen LogP contribution < -0.4 is 16.2 Å². The average molecular weight is 252 g/mol. The molecule has 0 fully saturated rings. The van der Waals surface area contributed by atoms with Gasteiger partial charge >= 0.3 is 5.97 Å². The monoisotopic (exact) mass is 252 g/mol. The fraction of sp³-hybridized carbons (Fsp3) is 0.333. The Labute approximate surface area is 105 Å². The summed E-state index contributed by atoms with van der Waals surface area (Å²) in [6.45, 7) is 1.31. The van der Waals surface area contributed by atoms with Crippen molar-refractivity contribution in [3.8, 4) is 5.75 Å². The van der Waals surface area contributed by atoms with Gasteiger partial charge in [0.15, 0.2) is 6.61 Å². The molecule has 0 radical (unpaired) electrons. The fourth-order valence-corrected chi connectivity index (χ4v) is 1.05. The number of anilines is 1. The summed E-state index contributed by atoms with van der Waals surface area (Å²) in [5, 5.41) is 0. The molecule has 0 aliphatic heterocycles. The van der Waals surface area contributed by atoms with Crippen molar-refractivity contribution in [3.63, 3.8) is 0 Å². The van der Waals surface area contributed by atoms with Crippen molar-refractivity contribution in [2.24, 2.45) is 11.7 Å². The third-order valence-corrected chi connectivity index (χ3v) is 2.22. The van der Waals surface area contributed by atoms with Crippen LogP contribution in [0.2, 0.25) is 0 Å². The van der Waals surface area contributed by atoms with Crippen molar-refractivity contribution < 1.29 is 19.1 Å². The van der Waals surface area contributed by atoms with E-state index in [1.54, 1.807) is 31.2 Å². The number of benzene rings is 1. The van der Waals surface area contributed by atoms with Crippen LogP contribution in [0.25, 0.3) is 0 Å². The molecule has 4 N–H and O–H groups in total. The molecule has 1 atom stereocenters. The molecule has 0 aromatic heterocycles. The van der Waals surface area contributed by atoms with E-state index in [1.807, 2.05) is 0 Å². The Hall–Kier alpha value is -2.24. The minimum atomic E-state index is -0.556. The Balaban J connectivity index is 2.29. The number of hydrogen-bond donors (Lipinski definition) is 2. The normalized spacial score (nSPS) is 11.6. The van der Waals surface area contributed by atoms with Crippen LogP contribution in [0.4, 0.5) is 5.69 Å². The number of carbonyl (C=O) groups is 2. The van der Waals surface area contributed by atoms with E-state index in [0.29, 0.717) is 11.4 Å². The number of esters is 1. The van der Waals surface area contributed by atoms with E-state index < -0.39 is 17.8 Å². The van der Waals surface area contributed by atoms with Crippen LogP contribution in [0.1, 0.15) is 6.92 Å². The highest BCUT2D eigenvalue weighted by atomic mass is 16.6. The Morgan fingerprint density at radius 3 is 2.44 bits per heavy atom. The van der Waals surface area contributed by atoms with Crippen LogP contribution in [0.3, 0.4) is 0 Å². The van der Waals surface area contributed by atoms with E-state index in [0.717, 1.165) is 0 Å². The van der Waals surface area contributed by atoms with Crippen molar-refractivity contribution in [1.82, 2.24) is 0 Å². The largest absolute Gasteiger partial charge is 0.482 e. The van der Waals surface area contributed by atoms with Crippen LogP contribution in [0.5, 0.6) is 5.75 Å². The average Bonchev–Trinajstić information content (AvgIpc) is 2.35. The van der Waals surface area contributed by atoms with Gasteiger partial charge in [-0.05, 0) is 24.3 Å². The Morgan fingerprint density at radius 1 is 1.28 bits per heavy atom. The Bertz CT molecular complexity index is 417. The molecular formula is C12H16N2O4. The molecule has 0 spiro atoms. The van der Waals surface area contributed by atoms with Gasteiger partial charge in [0, 0.05) is 5.69 Å². The summed E-state index contributed by atoms with van der Waals surface area (Å²) in [6.07, 6.45) is 0. The lowest BCUT2D eigenvalue weighted by molar-refractivity contribution is -0.148. The maximum Gasteiger partial charge on any atom is 0.344 e. The molecule has 1 rings (SSSR count). The van der Waals surface area contributed by atoms with Crippen LogP contribution in [0.15, 0.2) is 24.3 Å². The molecule has 0 saturated heterocycles. The van der Waals surface area contributed by atoms with Crippen molar-refractivity contribution in [3.05, 3.63) is 24.3 Å². The molecule has 1 amide bonds. The standard InChI is InChI=1S/C12H16N2O4/c1-8(12(14)16)6-18-11(15)7-17-10-4-2-9(13)3-5-10/h2-5,8H,6-7,13H2,1H3,(H2,14,16). The zero-order valence-corrected chi connectivity index (χ0v) is 10.1. The van der Waals surface area contributed by atoms with E-state index >= 15 is 0 Å². The summed E-state index contributed by atoms with van der Waals surface area (Å²) < 4.78 is 9.99. The molecule has 0 aliphatic carbocycles. The van der Waals surface area contributed by atoms with Crippen LogP contribution in [-0.2, 0) is 14.3 Å². The molecule has 0 saturated carbocycles. The molecule has 6 nitrogen and oxygen atoms in total. The number of amides is 1. The van der Waals surface area contributed by atoms with Gasteiger partial charge in [0.05, 0.1) is 5.92 Å². The van der Waals surface area contributed by atoms with Gasteiger partial charge in [0.1, 0.15) is 12.4 Å². The summed E-state index contributed by atoms with van der Waals surface area (Å²) in [4.78, 5) is 22.0. The summed E-state index contributed by atoms with van der Waals surface area (Å²) in [7, 11) is 0. The Morgan fingerprint density at radius 2 is 1.89 bits per heavy atom. The summed E-state index contributed by atoms with van der Waals surface area (Å²) >= 11 is 0. The third-order valence-electron chi connectivity index (χ3n) is 2.22. The van der Waals surface area contributed by atoms with Gasteiger partial charge in [-0.3, -0.25) is 4.79 Å². The number of rotatable bonds is 6. The van der Waals surface area contributed by atoms with Crippen molar-refractivity contribution in [1.29, 1.82) is 0 Å². The second-order valence-electron chi connectivity index (χ2n) is 3.84. The molecule has 18 heavy (non-hydrogen) atoms. The third kappa shape index (κ3) is 4.73. The Kier molecular flexibility index (Phi) is 4.98. The minimum absolute atomic E-state index is 0.0424. The van der Waals surface area contributed by atoms with E-state index in [2.05, 4.69) is 0 Å². The lowest BCUT2D eigenvalue weighted by Crippen LogP contribution is -2.27. The van der Waals surface area contributed by atoms with Crippen molar-refractivity contribution in [2.75, 3.05) is 18.9 Å².